The highest BCUT2D eigenvalue weighted by atomic mass is 19.2. The topological polar surface area (TPSA) is 59.8 Å². The lowest BCUT2D eigenvalue weighted by atomic mass is 10.1. The summed E-state index contributed by atoms with van der Waals surface area (Å²) in [5.74, 6) is -1.74. The van der Waals surface area contributed by atoms with Crippen molar-refractivity contribution in [2.75, 3.05) is 13.7 Å². The Morgan fingerprint density at radius 3 is 2.44 bits per heavy atom. The largest absolute Gasteiger partial charge is 0.469 e. The van der Waals surface area contributed by atoms with Gasteiger partial charge in [-0.3, -0.25) is 9.59 Å². The molecule has 1 heterocycles. The van der Waals surface area contributed by atoms with E-state index in [0.29, 0.717) is 22.6 Å². The van der Waals surface area contributed by atoms with Crippen molar-refractivity contribution < 1.29 is 27.5 Å². The summed E-state index contributed by atoms with van der Waals surface area (Å²) in [6.45, 7) is 3.49. The van der Waals surface area contributed by atoms with Crippen molar-refractivity contribution in [2.45, 2.75) is 26.8 Å². The van der Waals surface area contributed by atoms with E-state index in [1.165, 1.54) is 18.1 Å². The lowest BCUT2D eigenvalue weighted by Gasteiger charge is -2.22. The minimum Gasteiger partial charge on any atom is -0.469 e. The van der Waals surface area contributed by atoms with Gasteiger partial charge in [0, 0.05) is 13.1 Å². The first-order valence-corrected chi connectivity index (χ1v) is 7.69. The van der Waals surface area contributed by atoms with E-state index in [4.69, 9.17) is 4.42 Å². The molecule has 0 spiro atoms. The number of carbonyl (C=O) groups is 2. The predicted octanol–water partition coefficient (Wildman–Crippen LogP) is 3.38. The van der Waals surface area contributed by atoms with Crippen LogP contribution in [0, 0.1) is 25.5 Å². The van der Waals surface area contributed by atoms with Gasteiger partial charge in [0.2, 0.25) is 0 Å². The molecule has 0 aliphatic heterocycles. The molecule has 0 N–H and O–H groups in total. The standard InChI is InChI=1S/C18H19F2NO4/c1-11-8-14(12(2)25-11)18(23)21(7-6-17(22)24-3)10-13-4-5-15(19)16(20)9-13/h4-5,8-9H,6-7,10H2,1-3H3. The van der Waals surface area contributed by atoms with E-state index in [0.717, 1.165) is 12.1 Å². The number of aryl methyl sites for hydroxylation is 2. The number of hydrogen-bond acceptors (Lipinski definition) is 4. The number of rotatable bonds is 6. The number of ether oxygens (including phenoxy) is 1. The Hall–Kier alpha value is -2.70. The fraction of sp³-hybridized carbons (Fsp3) is 0.333. The second kappa shape index (κ2) is 7.92. The summed E-state index contributed by atoms with van der Waals surface area (Å²) < 4.78 is 36.5. The maximum atomic E-state index is 13.4. The van der Waals surface area contributed by atoms with Gasteiger partial charge in [-0.2, -0.15) is 0 Å². The molecule has 0 atom stereocenters. The van der Waals surface area contributed by atoms with E-state index in [1.807, 2.05) is 0 Å². The van der Waals surface area contributed by atoms with Crippen LogP contribution in [0.5, 0.6) is 0 Å². The van der Waals surface area contributed by atoms with Gasteiger partial charge in [-0.15, -0.1) is 0 Å². The zero-order chi connectivity index (χ0) is 18.6. The summed E-state index contributed by atoms with van der Waals surface area (Å²) in [6, 6.07) is 5.03. The van der Waals surface area contributed by atoms with Gasteiger partial charge in [-0.25, -0.2) is 8.78 Å². The Morgan fingerprint density at radius 2 is 1.88 bits per heavy atom. The number of halogens is 2. The number of carbonyl (C=O) groups excluding carboxylic acids is 2. The summed E-state index contributed by atoms with van der Waals surface area (Å²) in [5, 5.41) is 0. The van der Waals surface area contributed by atoms with Gasteiger partial charge < -0.3 is 14.1 Å². The van der Waals surface area contributed by atoms with Crippen molar-refractivity contribution in [2.24, 2.45) is 0 Å². The van der Waals surface area contributed by atoms with E-state index in [-0.39, 0.29) is 25.4 Å². The van der Waals surface area contributed by atoms with Crippen LogP contribution in [-0.4, -0.2) is 30.4 Å². The Bertz CT molecular complexity index is 785. The average Bonchev–Trinajstić information content (AvgIpc) is 2.92. The van der Waals surface area contributed by atoms with Gasteiger partial charge in [0.05, 0.1) is 19.1 Å². The highest BCUT2D eigenvalue weighted by Crippen LogP contribution is 2.19. The van der Waals surface area contributed by atoms with Gasteiger partial charge in [0.15, 0.2) is 11.6 Å². The van der Waals surface area contributed by atoms with Crippen LogP contribution in [0.15, 0.2) is 28.7 Å². The molecular formula is C18H19F2NO4. The molecular weight excluding hydrogens is 332 g/mol. The maximum absolute atomic E-state index is 13.4. The van der Waals surface area contributed by atoms with Gasteiger partial charge >= 0.3 is 5.97 Å². The molecule has 1 aromatic carbocycles. The molecule has 7 heteroatoms. The van der Waals surface area contributed by atoms with E-state index < -0.39 is 17.6 Å². The number of furan rings is 1. The van der Waals surface area contributed by atoms with Crippen LogP contribution in [0.4, 0.5) is 8.78 Å². The molecule has 0 radical (unpaired) electrons. The van der Waals surface area contributed by atoms with Crippen molar-refractivity contribution in [3.63, 3.8) is 0 Å². The van der Waals surface area contributed by atoms with Crippen molar-refractivity contribution in [1.29, 1.82) is 0 Å². The van der Waals surface area contributed by atoms with Crippen molar-refractivity contribution in [1.82, 2.24) is 4.90 Å². The van der Waals surface area contributed by atoms with Crippen LogP contribution < -0.4 is 0 Å². The van der Waals surface area contributed by atoms with E-state index >= 15 is 0 Å². The van der Waals surface area contributed by atoms with Gasteiger partial charge in [0.25, 0.3) is 5.91 Å². The first-order valence-electron chi connectivity index (χ1n) is 7.69. The Kier molecular flexibility index (Phi) is 5.90. The third-order valence-electron chi connectivity index (χ3n) is 3.73. The average molecular weight is 351 g/mol. The number of nitrogens with zero attached hydrogens (tertiary/aromatic N) is 1. The summed E-state index contributed by atoms with van der Waals surface area (Å²) in [5.41, 5.74) is 0.778. The van der Waals surface area contributed by atoms with Crippen LogP contribution >= 0.6 is 0 Å². The predicted molar refractivity (Wildman–Crippen MR) is 85.9 cm³/mol. The van der Waals surface area contributed by atoms with Crippen molar-refractivity contribution >= 4 is 11.9 Å². The summed E-state index contributed by atoms with van der Waals surface area (Å²) >= 11 is 0. The Morgan fingerprint density at radius 1 is 1.16 bits per heavy atom. The number of amides is 1. The fourth-order valence-corrected chi connectivity index (χ4v) is 2.45. The van der Waals surface area contributed by atoms with Crippen LogP contribution in [0.3, 0.4) is 0 Å². The molecule has 0 aliphatic carbocycles. The molecule has 134 valence electrons. The lowest BCUT2D eigenvalue weighted by Crippen LogP contribution is -2.33. The van der Waals surface area contributed by atoms with Crippen molar-refractivity contribution in [3.8, 4) is 0 Å². The normalized spacial score (nSPS) is 10.6. The van der Waals surface area contributed by atoms with Crippen LogP contribution in [0.2, 0.25) is 0 Å². The van der Waals surface area contributed by atoms with Crippen LogP contribution in [0.25, 0.3) is 0 Å². The highest BCUT2D eigenvalue weighted by molar-refractivity contribution is 5.95. The zero-order valence-electron chi connectivity index (χ0n) is 14.3. The van der Waals surface area contributed by atoms with Gasteiger partial charge in [-0.1, -0.05) is 6.07 Å². The first-order chi connectivity index (χ1) is 11.8. The number of methoxy groups -OCH3 is 1. The van der Waals surface area contributed by atoms with Gasteiger partial charge in [0.1, 0.15) is 11.5 Å². The fourth-order valence-electron chi connectivity index (χ4n) is 2.45. The van der Waals surface area contributed by atoms with Crippen LogP contribution in [-0.2, 0) is 16.1 Å². The Balaban J connectivity index is 2.25. The summed E-state index contributed by atoms with van der Waals surface area (Å²) in [7, 11) is 1.26. The second-order valence-corrected chi connectivity index (χ2v) is 5.63. The third-order valence-corrected chi connectivity index (χ3v) is 3.73. The van der Waals surface area contributed by atoms with Crippen molar-refractivity contribution in [3.05, 3.63) is 58.5 Å². The molecule has 2 aromatic rings. The van der Waals surface area contributed by atoms with Gasteiger partial charge in [-0.05, 0) is 37.6 Å². The molecule has 0 saturated heterocycles. The number of benzene rings is 1. The minimum atomic E-state index is -0.992. The number of hydrogen-bond donors (Lipinski definition) is 0. The molecule has 0 aliphatic rings. The monoisotopic (exact) mass is 351 g/mol. The molecule has 0 bridgehead atoms. The molecule has 0 saturated carbocycles. The van der Waals surface area contributed by atoms with E-state index in [9.17, 15) is 18.4 Å². The maximum Gasteiger partial charge on any atom is 0.307 e. The lowest BCUT2D eigenvalue weighted by molar-refractivity contribution is -0.140. The number of esters is 1. The van der Waals surface area contributed by atoms with E-state index in [1.54, 1.807) is 19.9 Å². The van der Waals surface area contributed by atoms with E-state index in [2.05, 4.69) is 4.74 Å². The molecule has 5 nitrogen and oxygen atoms in total. The molecule has 25 heavy (non-hydrogen) atoms. The SMILES string of the molecule is COC(=O)CCN(Cc1ccc(F)c(F)c1)C(=O)c1cc(C)oc1C. The molecule has 0 unspecified atom stereocenters. The zero-order valence-corrected chi connectivity index (χ0v) is 14.3. The third kappa shape index (κ3) is 4.65. The quantitative estimate of drug-likeness (QED) is 0.749. The highest BCUT2D eigenvalue weighted by Gasteiger charge is 2.22. The molecule has 0 fully saturated rings. The molecule has 1 amide bonds. The molecule has 2 rings (SSSR count). The summed E-state index contributed by atoms with van der Waals surface area (Å²) in [6.07, 6.45) is -0.0121. The second-order valence-electron chi connectivity index (χ2n) is 5.63. The minimum absolute atomic E-state index is 0.0121. The summed E-state index contributed by atoms with van der Waals surface area (Å²) in [4.78, 5) is 25.6. The first kappa shape index (κ1) is 18.6. The van der Waals surface area contributed by atoms with Crippen LogP contribution in [0.1, 0.15) is 33.9 Å². The smallest absolute Gasteiger partial charge is 0.307 e. The Labute approximate surface area is 144 Å². The molecule has 1 aromatic heterocycles.